The zero-order chi connectivity index (χ0) is 16.7. The minimum absolute atomic E-state index is 0.0218. The molecule has 0 saturated heterocycles. The number of rotatable bonds is 7. The van der Waals surface area contributed by atoms with Crippen molar-refractivity contribution in [3.8, 4) is 0 Å². The van der Waals surface area contributed by atoms with Gasteiger partial charge < -0.3 is 20.4 Å². The second-order valence-electron chi connectivity index (χ2n) is 5.30. The third-order valence-electron chi connectivity index (χ3n) is 3.12. The Hall–Kier alpha value is -2.28. The first-order chi connectivity index (χ1) is 11.0. The van der Waals surface area contributed by atoms with Crippen LogP contribution in [0.4, 0.5) is 4.79 Å². The number of carbonyl (C=O) groups excluding carboxylic acids is 2. The summed E-state index contributed by atoms with van der Waals surface area (Å²) < 4.78 is 5.10. The lowest BCUT2D eigenvalue weighted by molar-refractivity contribution is -0.120. The van der Waals surface area contributed by atoms with E-state index in [-0.39, 0.29) is 25.0 Å². The van der Waals surface area contributed by atoms with Gasteiger partial charge in [-0.05, 0) is 38.1 Å². The van der Waals surface area contributed by atoms with Gasteiger partial charge in [0.1, 0.15) is 5.76 Å². The number of hydrogen-bond acceptors (Lipinski definition) is 4. The summed E-state index contributed by atoms with van der Waals surface area (Å²) in [5.41, 5.74) is 0. The van der Waals surface area contributed by atoms with Crippen LogP contribution in [0.15, 0.2) is 34.9 Å². The zero-order valence-electron chi connectivity index (χ0n) is 13.2. The normalized spacial score (nSPS) is 11.7. The molecule has 0 aliphatic carbocycles. The molecule has 2 aromatic heterocycles. The Morgan fingerprint density at radius 1 is 1.26 bits per heavy atom. The molecule has 124 valence electrons. The molecule has 0 fully saturated rings. The van der Waals surface area contributed by atoms with Gasteiger partial charge in [0.15, 0.2) is 0 Å². The minimum atomic E-state index is -0.405. The van der Waals surface area contributed by atoms with Gasteiger partial charge in [-0.15, -0.1) is 11.3 Å². The lowest BCUT2D eigenvalue weighted by atomic mass is 10.2. The molecule has 0 saturated carbocycles. The number of nitrogens with one attached hydrogen (secondary N) is 3. The van der Waals surface area contributed by atoms with Gasteiger partial charge >= 0.3 is 6.03 Å². The first-order valence-electron chi connectivity index (χ1n) is 7.41. The first-order valence-corrected chi connectivity index (χ1v) is 8.23. The molecule has 7 heteroatoms. The fourth-order valence-corrected chi connectivity index (χ4v) is 3.10. The maximum atomic E-state index is 11.8. The quantitative estimate of drug-likeness (QED) is 0.725. The molecule has 0 bridgehead atoms. The molecule has 6 nitrogen and oxygen atoms in total. The molecule has 0 aromatic carbocycles. The van der Waals surface area contributed by atoms with Crippen molar-refractivity contribution in [3.63, 3.8) is 0 Å². The molecule has 0 spiro atoms. The predicted octanol–water partition coefficient (Wildman–Crippen LogP) is 2.20. The van der Waals surface area contributed by atoms with Crippen molar-refractivity contribution in [2.75, 3.05) is 6.54 Å². The van der Waals surface area contributed by atoms with Crippen LogP contribution in [0.2, 0.25) is 0 Å². The molecule has 2 aromatic rings. The SMILES string of the molecule is Cc1ccc(CC(C)NC(=O)CNC(=O)NCc2ccco2)s1. The molecule has 3 amide bonds. The molecule has 1 unspecified atom stereocenters. The van der Waals surface area contributed by atoms with Gasteiger partial charge in [0.2, 0.25) is 5.91 Å². The molecular formula is C16H21N3O3S. The van der Waals surface area contributed by atoms with E-state index in [0.717, 1.165) is 6.42 Å². The van der Waals surface area contributed by atoms with E-state index >= 15 is 0 Å². The number of aryl methyl sites for hydroxylation is 1. The standard InChI is InChI=1S/C16H21N3O3S/c1-11(8-14-6-5-12(2)23-14)19-15(20)10-18-16(21)17-9-13-4-3-7-22-13/h3-7,11H,8-10H2,1-2H3,(H,19,20)(H2,17,18,21). The highest BCUT2D eigenvalue weighted by Crippen LogP contribution is 2.16. The highest BCUT2D eigenvalue weighted by atomic mass is 32.1. The van der Waals surface area contributed by atoms with Crippen molar-refractivity contribution in [1.29, 1.82) is 0 Å². The van der Waals surface area contributed by atoms with Gasteiger partial charge in [-0.25, -0.2) is 4.79 Å². The van der Waals surface area contributed by atoms with Crippen molar-refractivity contribution in [2.24, 2.45) is 0 Å². The third-order valence-corrected chi connectivity index (χ3v) is 4.15. The second kappa shape index (κ2) is 8.38. The van der Waals surface area contributed by atoms with Gasteiger partial charge in [0, 0.05) is 22.2 Å². The number of amides is 3. The van der Waals surface area contributed by atoms with Gasteiger partial charge in [0.25, 0.3) is 0 Å². The maximum Gasteiger partial charge on any atom is 0.315 e. The van der Waals surface area contributed by atoms with Crippen LogP contribution < -0.4 is 16.0 Å². The maximum absolute atomic E-state index is 11.8. The van der Waals surface area contributed by atoms with E-state index < -0.39 is 6.03 Å². The Bertz CT molecular complexity index is 637. The van der Waals surface area contributed by atoms with E-state index in [4.69, 9.17) is 4.42 Å². The van der Waals surface area contributed by atoms with Crippen LogP contribution in [0.25, 0.3) is 0 Å². The number of urea groups is 1. The van der Waals surface area contributed by atoms with E-state index in [1.54, 1.807) is 29.7 Å². The van der Waals surface area contributed by atoms with E-state index in [1.807, 2.05) is 6.92 Å². The third kappa shape index (κ3) is 6.15. The lowest BCUT2D eigenvalue weighted by Crippen LogP contribution is -2.44. The summed E-state index contributed by atoms with van der Waals surface area (Å²) in [6.07, 6.45) is 2.33. The van der Waals surface area contributed by atoms with Gasteiger partial charge in [0.05, 0.1) is 19.4 Å². The van der Waals surface area contributed by atoms with Crippen molar-refractivity contribution in [2.45, 2.75) is 32.9 Å². The molecule has 0 radical (unpaired) electrons. The largest absolute Gasteiger partial charge is 0.467 e. The van der Waals surface area contributed by atoms with Crippen molar-refractivity contribution < 1.29 is 14.0 Å². The molecular weight excluding hydrogens is 314 g/mol. The molecule has 0 aliphatic rings. The van der Waals surface area contributed by atoms with Crippen LogP contribution >= 0.6 is 11.3 Å². The Kier molecular flexibility index (Phi) is 6.22. The Morgan fingerprint density at radius 2 is 2.09 bits per heavy atom. The van der Waals surface area contributed by atoms with Crippen LogP contribution in [0.3, 0.4) is 0 Å². The molecule has 0 aliphatic heterocycles. The predicted molar refractivity (Wildman–Crippen MR) is 89.3 cm³/mol. The molecule has 23 heavy (non-hydrogen) atoms. The number of furan rings is 1. The van der Waals surface area contributed by atoms with Crippen LogP contribution in [0.1, 0.15) is 22.4 Å². The zero-order valence-corrected chi connectivity index (χ0v) is 14.0. The Labute approximate surface area is 139 Å². The van der Waals surface area contributed by atoms with Crippen LogP contribution in [0, 0.1) is 6.92 Å². The monoisotopic (exact) mass is 335 g/mol. The second-order valence-corrected chi connectivity index (χ2v) is 6.67. The number of thiophene rings is 1. The summed E-state index contributed by atoms with van der Waals surface area (Å²) in [6.45, 7) is 4.24. The number of carbonyl (C=O) groups is 2. The van der Waals surface area contributed by atoms with Gasteiger partial charge in [-0.2, -0.15) is 0 Å². The summed E-state index contributed by atoms with van der Waals surface area (Å²) in [5.74, 6) is 0.448. The fourth-order valence-electron chi connectivity index (χ4n) is 2.08. The first kappa shape index (κ1) is 17.1. The van der Waals surface area contributed by atoms with Crippen LogP contribution in [0.5, 0.6) is 0 Å². The smallest absolute Gasteiger partial charge is 0.315 e. The average Bonchev–Trinajstić information content (AvgIpc) is 3.14. The summed E-state index contributed by atoms with van der Waals surface area (Å²) >= 11 is 1.73. The fraction of sp³-hybridized carbons (Fsp3) is 0.375. The molecule has 3 N–H and O–H groups in total. The van der Waals surface area contributed by atoms with Crippen molar-refractivity contribution in [1.82, 2.24) is 16.0 Å². The molecule has 2 rings (SSSR count). The van der Waals surface area contributed by atoms with E-state index in [2.05, 4.69) is 35.0 Å². The average molecular weight is 335 g/mol. The van der Waals surface area contributed by atoms with Crippen LogP contribution in [-0.4, -0.2) is 24.5 Å². The Morgan fingerprint density at radius 3 is 2.74 bits per heavy atom. The van der Waals surface area contributed by atoms with Crippen molar-refractivity contribution >= 4 is 23.3 Å². The van der Waals surface area contributed by atoms with E-state index in [9.17, 15) is 9.59 Å². The van der Waals surface area contributed by atoms with E-state index in [1.165, 1.54) is 9.75 Å². The summed E-state index contributed by atoms with van der Waals surface area (Å²) in [4.78, 5) is 25.9. The summed E-state index contributed by atoms with van der Waals surface area (Å²) in [6, 6.07) is 7.27. The van der Waals surface area contributed by atoms with Crippen LogP contribution in [-0.2, 0) is 17.8 Å². The highest BCUT2D eigenvalue weighted by Gasteiger charge is 2.10. The summed E-state index contributed by atoms with van der Waals surface area (Å²) in [5, 5.41) is 8.00. The summed E-state index contributed by atoms with van der Waals surface area (Å²) in [7, 11) is 0. The van der Waals surface area contributed by atoms with E-state index in [0.29, 0.717) is 5.76 Å². The Balaban J connectivity index is 1.63. The van der Waals surface area contributed by atoms with Gasteiger partial charge in [-0.3, -0.25) is 4.79 Å². The lowest BCUT2D eigenvalue weighted by Gasteiger charge is -2.13. The molecule has 1 atom stereocenters. The molecule has 2 heterocycles. The number of hydrogen-bond donors (Lipinski definition) is 3. The topological polar surface area (TPSA) is 83.4 Å². The highest BCUT2D eigenvalue weighted by molar-refractivity contribution is 7.11. The van der Waals surface area contributed by atoms with Crippen molar-refractivity contribution in [3.05, 3.63) is 46.0 Å². The minimum Gasteiger partial charge on any atom is -0.467 e. The van der Waals surface area contributed by atoms with Gasteiger partial charge in [-0.1, -0.05) is 0 Å².